The van der Waals surface area contributed by atoms with Gasteiger partial charge in [0.1, 0.15) is 5.82 Å². The molecule has 108 valence electrons. The van der Waals surface area contributed by atoms with Crippen LogP contribution in [0.4, 0.5) is 4.39 Å². The predicted octanol–water partition coefficient (Wildman–Crippen LogP) is 3.06. The minimum atomic E-state index is -3.13. The number of halogens is 2. The third-order valence-corrected chi connectivity index (χ3v) is 6.11. The minimum absolute atomic E-state index is 0.0731. The van der Waals surface area contributed by atoms with Crippen molar-refractivity contribution in [2.75, 3.05) is 12.8 Å². The zero-order valence-corrected chi connectivity index (χ0v) is 13.9. The normalized spacial score (nSPS) is 14.4. The van der Waals surface area contributed by atoms with Crippen LogP contribution in [-0.2, 0) is 9.84 Å². The van der Waals surface area contributed by atoms with E-state index in [4.69, 9.17) is 0 Å². The van der Waals surface area contributed by atoms with E-state index in [9.17, 15) is 12.8 Å². The molecule has 1 aromatic carbocycles. The van der Waals surface area contributed by atoms with E-state index in [1.165, 1.54) is 18.4 Å². The topological polar surface area (TPSA) is 46.2 Å². The van der Waals surface area contributed by atoms with Crippen LogP contribution in [0.5, 0.6) is 0 Å². The van der Waals surface area contributed by atoms with Crippen LogP contribution < -0.4 is 5.32 Å². The highest BCUT2D eigenvalue weighted by Gasteiger charge is 2.30. The first kappa shape index (κ1) is 16.6. The van der Waals surface area contributed by atoms with Crippen molar-refractivity contribution in [1.29, 1.82) is 0 Å². The van der Waals surface area contributed by atoms with Crippen LogP contribution in [0.1, 0.15) is 32.4 Å². The van der Waals surface area contributed by atoms with Gasteiger partial charge in [0, 0.05) is 23.3 Å². The van der Waals surface area contributed by atoms with Crippen LogP contribution >= 0.6 is 15.9 Å². The second kappa shape index (κ2) is 5.89. The summed E-state index contributed by atoms with van der Waals surface area (Å²) in [6, 6.07) is 4.40. The highest BCUT2D eigenvalue weighted by molar-refractivity contribution is 9.10. The minimum Gasteiger partial charge on any atom is -0.309 e. The fourth-order valence-electron chi connectivity index (χ4n) is 1.49. The fourth-order valence-corrected chi connectivity index (χ4v) is 2.53. The molecule has 0 aliphatic heterocycles. The Balaban J connectivity index is 2.79. The van der Waals surface area contributed by atoms with Crippen molar-refractivity contribution >= 4 is 25.8 Å². The predicted molar refractivity (Wildman–Crippen MR) is 79.4 cm³/mol. The summed E-state index contributed by atoms with van der Waals surface area (Å²) in [4.78, 5) is 0. The molecule has 0 heterocycles. The Morgan fingerprint density at radius 2 is 2.00 bits per heavy atom. The van der Waals surface area contributed by atoms with Crippen LogP contribution in [-0.4, -0.2) is 26.0 Å². The number of rotatable bonds is 5. The van der Waals surface area contributed by atoms with E-state index < -0.39 is 14.6 Å². The molecular weight excluding hydrogens is 333 g/mol. The van der Waals surface area contributed by atoms with Gasteiger partial charge < -0.3 is 5.32 Å². The molecule has 0 bridgehead atoms. The third-order valence-electron chi connectivity index (χ3n) is 3.27. The lowest BCUT2D eigenvalue weighted by Gasteiger charge is -2.26. The quantitative estimate of drug-likeness (QED) is 0.886. The van der Waals surface area contributed by atoms with E-state index in [1.54, 1.807) is 19.9 Å². The van der Waals surface area contributed by atoms with E-state index in [2.05, 4.69) is 21.2 Å². The van der Waals surface area contributed by atoms with Crippen LogP contribution in [0.2, 0.25) is 0 Å². The molecular formula is C13H19BrFNO2S. The number of benzene rings is 1. The Morgan fingerprint density at radius 3 is 2.47 bits per heavy atom. The summed E-state index contributed by atoms with van der Waals surface area (Å²) in [5.74, 6) is -0.306. The monoisotopic (exact) mass is 351 g/mol. The maximum atomic E-state index is 13.0. The molecule has 19 heavy (non-hydrogen) atoms. The summed E-state index contributed by atoms with van der Waals surface area (Å²) in [7, 11) is -3.13. The first-order chi connectivity index (χ1) is 8.54. The number of hydrogen-bond acceptors (Lipinski definition) is 3. The van der Waals surface area contributed by atoms with Gasteiger partial charge in [-0.2, -0.15) is 0 Å². The van der Waals surface area contributed by atoms with Gasteiger partial charge in [-0.1, -0.05) is 22.0 Å². The Hall–Kier alpha value is -0.460. The summed E-state index contributed by atoms with van der Waals surface area (Å²) in [5.41, 5.74) is 0.894. The molecule has 1 rings (SSSR count). The Labute approximate surface area is 122 Å². The molecule has 0 saturated carbocycles. The van der Waals surface area contributed by atoms with Gasteiger partial charge in [-0.15, -0.1) is 0 Å². The maximum Gasteiger partial charge on any atom is 0.153 e. The van der Waals surface area contributed by atoms with Gasteiger partial charge in [-0.3, -0.25) is 0 Å². The molecule has 1 N–H and O–H groups in total. The van der Waals surface area contributed by atoms with Crippen LogP contribution in [0.15, 0.2) is 22.7 Å². The SMILES string of the molecule is CC(NCC(C)(C)S(C)(=O)=O)c1ccc(F)cc1Br. The highest BCUT2D eigenvalue weighted by Crippen LogP contribution is 2.25. The summed E-state index contributed by atoms with van der Waals surface area (Å²) >= 11 is 3.31. The number of nitrogens with one attached hydrogen (secondary N) is 1. The first-order valence-electron chi connectivity index (χ1n) is 5.92. The van der Waals surface area contributed by atoms with Crippen LogP contribution in [0.3, 0.4) is 0 Å². The summed E-state index contributed by atoms with van der Waals surface area (Å²) < 4.78 is 36.1. The average Bonchev–Trinajstić information content (AvgIpc) is 2.24. The maximum absolute atomic E-state index is 13.0. The lowest BCUT2D eigenvalue weighted by atomic mass is 10.1. The van der Waals surface area contributed by atoms with Gasteiger partial charge in [-0.25, -0.2) is 12.8 Å². The first-order valence-corrected chi connectivity index (χ1v) is 8.61. The third kappa shape index (κ3) is 4.26. The van der Waals surface area contributed by atoms with E-state index in [-0.39, 0.29) is 11.9 Å². The second-order valence-corrected chi connectivity index (χ2v) is 8.80. The van der Waals surface area contributed by atoms with E-state index in [1.807, 2.05) is 6.92 Å². The van der Waals surface area contributed by atoms with Gasteiger partial charge in [-0.05, 0) is 38.5 Å². The number of hydrogen-bond donors (Lipinski definition) is 1. The van der Waals surface area contributed by atoms with Crippen molar-refractivity contribution in [3.05, 3.63) is 34.1 Å². The highest BCUT2D eigenvalue weighted by atomic mass is 79.9. The Kier molecular flexibility index (Phi) is 5.15. The van der Waals surface area contributed by atoms with Crippen LogP contribution in [0, 0.1) is 5.82 Å². The molecule has 1 aromatic rings. The average molecular weight is 352 g/mol. The van der Waals surface area contributed by atoms with Gasteiger partial charge in [0.05, 0.1) is 4.75 Å². The smallest absolute Gasteiger partial charge is 0.153 e. The van der Waals surface area contributed by atoms with Crippen molar-refractivity contribution in [2.45, 2.75) is 31.6 Å². The molecule has 0 amide bonds. The molecule has 0 aliphatic carbocycles. The van der Waals surface area contributed by atoms with Crippen molar-refractivity contribution < 1.29 is 12.8 Å². The summed E-state index contributed by atoms with van der Waals surface area (Å²) in [5, 5.41) is 3.17. The van der Waals surface area contributed by atoms with Gasteiger partial charge >= 0.3 is 0 Å². The molecule has 0 spiro atoms. The summed E-state index contributed by atoms with van der Waals surface area (Å²) in [6.45, 7) is 5.61. The van der Waals surface area contributed by atoms with Crippen molar-refractivity contribution in [3.8, 4) is 0 Å². The fraction of sp³-hybridized carbons (Fsp3) is 0.538. The lowest BCUT2D eigenvalue weighted by molar-refractivity contribution is 0.487. The number of sulfone groups is 1. The molecule has 0 aliphatic rings. The molecule has 1 atom stereocenters. The zero-order chi connectivity index (χ0) is 14.8. The second-order valence-electron chi connectivity index (χ2n) is 5.30. The van der Waals surface area contributed by atoms with Gasteiger partial charge in [0.15, 0.2) is 9.84 Å². The van der Waals surface area contributed by atoms with Gasteiger partial charge in [0.25, 0.3) is 0 Å². The largest absolute Gasteiger partial charge is 0.309 e. The van der Waals surface area contributed by atoms with Crippen molar-refractivity contribution in [2.24, 2.45) is 0 Å². The van der Waals surface area contributed by atoms with Crippen molar-refractivity contribution in [1.82, 2.24) is 5.32 Å². The Morgan fingerprint density at radius 1 is 1.42 bits per heavy atom. The molecule has 1 unspecified atom stereocenters. The molecule has 0 radical (unpaired) electrons. The van der Waals surface area contributed by atoms with Crippen molar-refractivity contribution in [3.63, 3.8) is 0 Å². The zero-order valence-electron chi connectivity index (χ0n) is 11.5. The molecule has 0 aromatic heterocycles. The summed E-state index contributed by atoms with van der Waals surface area (Å²) in [6.07, 6.45) is 1.23. The van der Waals surface area contributed by atoms with E-state index in [0.29, 0.717) is 11.0 Å². The van der Waals surface area contributed by atoms with E-state index >= 15 is 0 Å². The standard InChI is InChI=1S/C13H19BrFNO2S/c1-9(11-6-5-10(15)7-12(11)14)16-8-13(2,3)19(4,17)18/h5-7,9,16H,8H2,1-4H3. The van der Waals surface area contributed by atoms with E-state index in [0.717, 1.165) is 5.56 Å². The van der Waals surface area contributed by atoms with Gasteiger partial charge in [0.2, 0.25) is 0 Å². The lowest BCUT2D eigenvalue weighted by Crippen LogP contribution is -2.42. The molecule has 0 fully saturated rings. The molecule has 3 nitrogen and oxygen atoms in total. The molecule has 6 heteroatoms. The molecule has 0 saturated heterocycles. The Bertz CT molecular complexity index is 558. The van der Waals surface area contributed by atoms with Crippen LogP contribution in [0.25, 0.3) is 0 Å².